The number of methoxy groups -OCH3 is 1. The Hall–Kier alpha value is -1.35. The normalized spacial score (nSPS) is 18.8. The topological polar surface area (TPSA) is 38.3 Å². The predicted molar refractivity (Wildman–Crippen MR) is 81.1 cm³/mol. The second kappa shape index (κ2) is 8.05. The zero-order chi connectivity index (χ0) is 14.2. The molecule has 0 bridgehead atoms. The van der Waals surface area contributed by atoms with Gasteiger partial charge >= 0.3 is 0 Å². The number of carbonyl (C=O) groups excluding carboxylic acids is 1. The molecule has 1 N–H and O–H groups in total. The molecular formula is C17H25NO2. The van der Waals surface area contributed by atoms with E-state index in [-0.39, 0.29) is 0 Å². The summed E-state index contributed by atoms with van der Waals surface area (Å²) in [6.45, 7) is 2.23. The highest BCUT2D eigenvalue weighted by molar-refractivity contribution is 5.78. The molecule has 0 radical (unpaired) electrons. The van der Waals surface area contributed by atoms with Crippen molar-refractivity contribution >= 4 is 5.78 Å². The Morgan fingerprint density at radius 2 is 2.10 bits per heavy atom. The minimum Gasteiger partial charge on any atom is -0.497 e. The van der Waals surface area contributed by atoms with Crippen molar-refractivity contribution in [1.29, 1.82) is 0 Å². The van der Waals surface area contributed by atoms with Crippen LogP contribution in [0.15, 0.2) is 24.3 Å². The van der Waals surface area contributed by atoms with Crippen LogP contribution >= 0.6 is 0 Å². The Bertz CT molecular complexity index is 408. The smallest absolute Gasteiger partial charge is 0.133 e. The van der Waals surface area contributed by atoms with Gasteiger partial charge in [-0.3, -0.25) is 4.79 Å². The Balaban J connectivity index is 1.66. The summed E-state index contributed by atoms with van der Waals surface area (Å²) in [5, 5.41) is 3.40. The summed E-state index contributed by atoms with van der Waals surface area (Å²) >= 11 is 0. The van der Waals surface area contributed by atoms with Crippen molar-refractivity contribution in [3.63, 3.8) is 0 Å². The quantitative estimate of drug-likeness (QED) is 0.831. The van der Waals surface area contributed by atoms with E-state index in [4.69, 9.17) is 4.74 Å². The minimum atomic E-state index is 0.395. The lowest BCUT2D eigenvalue weighted by molar-refractivity contribution is -0.119. The van der Waals surface area contributed by atoms with Gasteiger partial charge < -0.3 is 10.1 Å². The third-order valence-electron chi connectivity index (χ3n) is 4.08. The van der Waals surface area contributed by atoms with Gasteiger partial charge in [-0.15, -0.1) is 0 Å². The zero-order valence-electron chi connectivity index (χ0n) is 12.4. The van der Waals surface area contributed by atoms with E-state index in [2.05, 4.69) is 5.32 Å². The van der Waals surface area contributed by atoms with Gasteiger partial charge in [0.1, 0.15) is 11.5 Å². The first-order valence-corrected chi connectivity index (χ1v) is 7.63. The standard InChI is InChI=1S/C17H25NO2/c1-20-17-10-6-14(7-11-17)4-8-16(19)9-5-15-3-2-12-18-13-15/h6-7,10-11,15,18H,2-5,8-9,12-13H2,1H3. The van der Waals surface area contributed by atoms with Gasteiger partial charge in [0.05, 0.1) is 7.11 Å². The molecule has 1 saturated heterocycles. The van der Waals surface area contributed by atoms with Crippen LogP contribution in [0.5, 0.6) is 5.75 Å². The van der Waals surface area contributed by atoms with Crippen LogP contribution in [0.1, 0.15) is 37.7 Å². The number of Topliss-reactive ketones (excluding diaryl/α,β-unsaturated/α-hetero) is 1. The van der Waals surface area contributed by atoms with Crippen LogP contribution in [0, 0.1) is 5.92 Å². The highest BCUT2D eigenvalue weighted by Gasteiger charge is 2.14. The Kier molecular flexibility index (Phi) is 6.06. The Morgan fingerprint density at radius 1 is 1.30 bits per heavy atom. The summed E-state index contributed by atoms with van der Waals surface area (Å²) in [5.74, 6) is 1.96. The van der Waals surface area contributed by atoms with E-state index in [0.717, 1.165) is 38.1 Å². The number of hydrogen-bond donors (Lipinski definition) is 1. The van der Waals surface area contributed by atoms with Crippen molar-refractivity contribution < 1.29 is 9.53 Å². The molecule has 0 amide bonds. The van der Waals surface area contributed by atoms with Crippen LogP contribution < -0.4 is 10.1 Å². The SMILES string of the molecule is COc1ccc(CCC(=O)CCC2CCCNC2)cc1. The van der Waals surface area contributed by atoms with Crippen molar-refractivity contribution in [3.8, 4) is 5.75 Å². The second-order valence-electron chi connectivity index (χ2n) is 5.64. The van der Waals surface area contributed by atoms with Gasteiger partial charge in [0, 0.05) is 12.8 Å². The average molecular weight is 275 g/mol. The summed E-state index contributed by atoms with van der Waals surface area (Å²) < 4.78 is 5.13. The summed E-state index contributed by atoms with van der Waals surface area (Å²) in [6.07, 6.45) is 5.82. The number of rotatable bonds is 7. The minimum absolute atomic E-state index is 0.395. The summed E-state index contributed by atoms with van der Waals surface area (Å²) in [6, 6.07) is 7.98. The molecular weight excluding hydrogens is 250 g/mol. The number of nitrogens with one attached hydrogen (secondary N) is 1. The lowest BCUT2D eigenvalue weighted by Gasteiger charge is -2.22. The monoisotopic (exact) mass is 275 g/mol. The third kappa shape index (κ3) is 4.97. The van der Waals surface area contributed by atoms with Gasteiger partial charge in [0.2, 0.25) is 0 Å². The van der Waals surface area contributed by atoms with Crippen LogP contribution in [-0.2, 0) is 11.2 Å². The molecule has 1 aliphatic heterocycles. The molecule has 0 aliphatic carbocycles. The molecule has 0 spiro atoms. The molecule has 3 heteroatoms. The Labute approximate surface area is 121 Å². The molecule has 110 valence electrons. The van der Waals surface area contributed by atoms with Crippen LogP contribution in [-0.4, -0.2) is 26.0 Å². The van der Waals surface area contributed by atoms with Crippen molar-refractivity contribution in [3.05, 3.63) is 29.8 Å². The van der Waals surface area contributed by atoms with Gasteiger partial charge in [-0.05, 0) is 62.4 Å². The lowest BCUT2D eigenvalue weighted by Crippen LogP contribution is -2.30. The number of hydrogen-bond acceptors (Lipinski definition) is 3. The van der Waals surface area contributed by atoms with Crippen LogP contribution in [0.3, 0.4) is 0 Å². The first-order chi connectivity index (χ1) is 9.78. The third-order valence-corrected chi connectivity index (χ3v) is 4.08. The first-order valence-electron chi connectivity index (χ1n) is 7.63. The summed E-state index contributed by atoms with van der Waals surface area (Å²) in [5.41, 5.74) is 1.21. The van der Waals surface area contributed by atoms with E-state index in [1.54, 1.807) is 7.11 Å². The number of ether oxygens (including phenoxy) is 1. The fourth-order valence-electron chi connectivity index (χ4n) is 2.74. The van der Waals surface area contributed by atoms with E-state index < -0.39 is 0 Å². The van der Waals surface area contributed by atoms with E-state index in [1.807, 2.05) is 24.3 Å². The van der Waals surface area contributed by atoms with Gasteiger partial charge in [0.25, 0.3) is 0 Å². The predicted octanol–water partition coefficient (Wildman–Crippen LogP) is 2.98. The van der Waals surface area contributed by atoms with Crippen molar-refractivity contribution in [2.75, 3.05) is 20.2 Å². The summed E-state index contributed by atoms with van der Waals surface area (Å²) in [4.78, 5) is 11.9. The fourth-order valence-corrected chi connectivity index (χ4v) is 2.74. The molecule has 3 nitrogen and oxygen atoms in total. The Morgan fingerprint density at radius 3 is 2.75 bits per heavy atom. The molecule has 1 atom stereocenters. The lowest BCUT2D eigenvalue weighted by atomic mass is 9.93. The van der Waals surface area contributed by atoms with Crippen molar-refractivity contribution in [2.24, 2.45) is 5.92 Å². The van der Waals surface area contributed by atoms with E-state index in [9.17, 15) is 4.79 Å². The molecule has 20 heavy (non-hydrogen) atoms. The molecule has 1 heterocycles. The van der Waals surface area contributed by atoms with E-state index >= 15 is 0 Å². The van der Waals surface area contributed by atoms with Gasteiger partial charge in [-0.2, -0.15) is 0 Å². The highest BCUT2D eigenvalue weighted by Crippen LogP contribution is 2.17. The number of benzene rings is 1. The first kappa shape index (κ1) is 15.0. The van der Waals surface area contributed by atoms with Crippen molar-refractivity contribution in [1.82, 2.24) is 5.32 Å². The second-order valence-corrected chi connectivity index (χ2v) is 5.64. The summed E-state index contributed by atoms with van der Waals surface area (Å²) in [7, 11) is 1.67. The zero-order valence-corrected chi connectivity index (χ0v) is 12.4. The largest absolute Gasteiger partial charge is 0.497 e. The molecule has 1 unspecified atom stereocenters. The molecule has 0 aromatic heterocycles. The maximum atomic E-state index is 11.9. The molecule has 1 fully saturated rings. The maximum Gasteiger partial charge on any atom is 0.133 e. The van der Waals surface area contributed by atoms with Gasteiger partial charge in [0.15, 0.2) is 0 Å². The highest BCUT2D eigenvalue weighted by atomic mass is 16.5. The fraction of sp³-hybridized carbons (Fsp3) is 0.588. The van der Waals surface area contributed by atoms with Gasteiger partial charge in [-0.1, -0.05) is 12.1 Å². The molecule has 1 aromatic rings. The van der Waals surface area contributed by atoms with Crippen LogP contribution in [0.4, 0.5) is 0 Å². The maximum absolute atomic E-state index is 11.9. The van der Waals surface area contributed by atoms with Crippen molar-refractivity contribution in [2.45, 2.75) is 38.5 Å². The molecule has 1 aromatic carbocycles. The van der Waals surface area contributed by atoms with E-state index in [1.165, 1.54) is 18.4 Å². The average Bonchev–Trinajstić information content (AvgIpc) is 2.52. The number of carbonyl (C=O) groups is 1. The number of aryl methyl sites for hydroxylation is 1. The molecule has 1 aliphatic rings. The molecule has 0 saturated carbocycles. The van der Waals surface area contributed by atoms with E-state index in [0.29, 0.717) is 18.1 Å². The number of ketones is 1. The van der Waals surface area contributed by atoms with Crippen LogP contribution in [0.25, 0.3) is 0 Å². The van der Waals surface area contributed by atoms with Gasteiger partial charge in [-0.25, -0.2) is 0 Å². The van der Waals surface area contributed by atoms with Crippen LogP contribution in [0.2, 0.25) is 0 Å². The molecule has 2 rings (SSSR count). The number of piperidine rings is 1.